The van der Waals surface area contributed by atoms with Crippen LogP contribution in [0, 0.1) is 12.8 Å². The van der Waals surface area contributed by atoms with Gasteiger partial charge in [0.1, 0.15) is 0 Å². The minimum atomic E-state index is -0.924. The van der Waals surface area contributed by atoms with Crippen LogP contribution < -0.4 is 0 Å². The smallest absolute Gasteiger partial charge is 0.306 e. The van der Waals surface area contributed by atoms with Crippen molar-refractivity contribution < 1.29 is 19.5 Å². The number of aryl methyl sites for hydroxylation is 1. The second-order valence-corrected chi connectivity index (χ2v) is 4.84. The van der Waals surface area contributed by atoms with E-state index in [1.807, 2.05) is 6.92 Å². The molecule has 5 heteroatoms. The van der Waals surface area contributed by atoms with Crippen molar-refractivity contribution in [2.75, 3.05) is 6.54 Å². The second kappa shape index (κ2) is 4.84. The average Bonchev–Trinajstić information content (AvgIpc) is 2.59. The molecule has 1 atom stereocenters. The molecular formula is C14H15NO4. The Bertz CT molecular complexity index is 565. The lowest BCUT2D eigenvalue weighted by Crippen LogP contribution is -2.32. The Morgan fingerprint density at radius 1 is 1.26 bits per heavy atom. The standard InChI is InChI=1S/C14H15NO4/c1-8-3-4-10-11(7-8)13(17)15(12(10)16)6-5-9(2)14(18)19/h3-4,7,9H,5-6H2,1-2H3,(H,18,19). The van der Waals surface area contributed by atoms with Crippen LogP contribution in [-0.4, -0.2) is 34.3 Å². The summed E-state index contributed by atoms with van der Waals surface area (Å²) in [5.74, 6) is -2.17. The Morgan fingerprint density at radius 2 is 1.89 bits per heavy atom. The van der Waals surface area contributed by atoms with Crippen LogP contribution in [0.1, 0.15) is 39.6 Å². The molecule has 1 aliphatic heterocycles. The minimum Gasteiger partial charge on any atom is -0.481 e. The summed E-state index contributed by atoms with van der Waals surface area (Å²) < 4.78 is 0. The lowest BCUT2D eigenvalue weighted by atomic mass is 10.1. The number of nitrogens with zero attached hydrogens (tertiary/aromatic N) is 1. The van der Waals surface area contributed by atoms with E-state index in [4.69, 9.17) is 5.11 Å². The lowest BCUT2D eigenvalue weighted by molar-refractivity contribution is -0.141. The zero-order valence-corrected chi connectivity index (χ0v) is 10.8. The van der Waals surface area contributed by atoms with E-state index in [0.29, 0.717) is 11.1 Å². The quantitative estimate of drug-likeness (QED) is 0.837. The van der Waals surface area contributed by atoms with Gasteiger partial charge in [-0.2, -0.15) is 0 Å². The van der Waals surface area contributed by atoms with E-state index in [0.717, 1.165) is 10.5 Å². The summed E-state index contributed by atoms with van der Waals surface area (Å²) in [5.41, 5.74) is 1.73. The largest absolute Gasteiger partial charge is 0.481 e. The molecule has 0 aliphatic carbocycles. The third kappa shape index (κ3) is 2.36. The second-order valence-electron chi connectivity index (χ2n) is 4.84. The molecule has 1 aromatic rings. The molecule has 1 aliphatic rings. The molecule has 0 aromatic heterocycles. The van der Waals surface area contributed by atoms with Gasteiger partial charge in [-0.25, -0.2) is 0 Å². The summed E-state index contributed by atoms with van der Waals surface area (Å²) >= 11 is 0. The van der Waals surface area contributed by atoms with E-state index in [-0.39, 0.29) is 24.8 Å². The third-order valence-corrected chi connectivity index (χ3v) is 3.33. The van der Waals surface area contributed by atoms with Crippen molar-refractivity contribution >= 4 is 17.8 Å². The Labute approximate surface area is 110 Å². The van der Waals surface area contributed by atoms with E-state index in [2.05, 4.69) is 0 Å². The summed E-state index contributed by atoms with van der Waals surface area (Å²) in [6.45, 7) is 3.55. The predicted octanol–water partition coefficient (Wildman–Crippen LogP) is 1.70. The monoisotopic (exact) mass is 261 g/mol. The van der Waals surface area contributed by atoms with E-state index < -0.39 is 11.9 Å². The van der Waals surface area contributed by atoms with Crippen LogP contribution in [0.15, 0.2) is 18.2 Å². The third-order valence-electron chi connectivity index (χ3n) is 3.33. The Balaban J connectivity index is 2.16. The highest BCUT2D eigenvalue weighted by Crippen LogP contribution is 2.24. The van der Waals surface area contributed by atoms with Gasteiger partial charge in [-0.3, -0.25) is 19.3 Å². The van der Waals surface area contributed by atoms with E-state index in [9.17, 15) is 14.4 Å². The summed E-state index contributed by atoms with van der Waals surface area (Å²) in [6.07, 6.45) is 0.264. The number of hydrogen-bond acceptors (Lipinski definition) is 3. The fourth-order valence-corrected chi connectivity index (χ4v) is 2.05. The first-order valence-corrected chi connectivity index (χ1v) is 6.11. The number of amides is 2. The van der Waals surface area contributed by atoms with Crippen LogP contribution >= 0.6 is 0 Å². The Kier molecular flexibility index (Phi) is 3.38. The lowest BCUT2D eigenvalue weighted by Gasteiger charge is -2.15. The average molecular weight is 261 g/mol. The van der Waals surface area contributed by atoms with Gasteiger partial charge in [0.25, 0.3) is 11.8 Å². The van der Waals surface area contributed by atoms with Gasteiger partial charge in [-0.1, -0.05) is 18.6 Å². The van der Waals surface area contributed by atoms with Gasteiger partial charge < -0.3 is 5.11 Å². The van der Waals surface area contributed by atoms with Gasteiger partial charge in [0.05, 0.1) is 17.0 Å². The van der Waals surface area contributed by atoms with Crippen LogP contribution in [0.2, 0.25) is 0 Å². The number of carboxylic acids is 1. The minimum absolute atomic E-state index is 0.138. The number of carbonyl (C=O) groups excluding carboxylic acids is 2. The molecule has 19 heavy (non-hydrogen) atoms. The van der Waals surface area contributed by atoms with Crippen molar-refractivity contribution in [2.45, 2.75) is 20.3 Å². The number of imide groups is 1. The van der Waals surface area contributed by atoms with Crippen molar-refractivity contribution in [3.63, 3.8) is 0 Å². The van der Waals surface area contributed by atoms with Gasteiger partial charge in [-0.05, 0) is 25.5 Å². The normalized spacial score (nSPS) is 15.6. The Morgan fingerprint density at radius 3 is 2.53 bits per heavy atom. The molecule has 5 nitrogen and oxygen atoms in total. The number of carbonyl (C=O) groups is 3. The molecule has 0 saturated carbocycles. The molecule has 2 amide bonds. The first-order valence-electron chi connectivity index (χ1n) is 6.11. The fraction of sp³-hybridized carbons (Fsp3) is 0.357. The Hall–Kier alpha value is -2.17. The van der Waals surface area contributed by atoms with Crippen molar-refractivity contribution in [1.82, 2.24) is 4.90 Å². The van der Waals surface area contributed by atoms with Crippen molar-refractivity contribution in [2.24, 2.45) is 5.92 Å². The van der Waals surface area contributed by atoms with Gasteiger partial charge in [0.2, 0.25) is 0 Å². The molecular weight excluding hydrogens is 246 g/mol. The SMILES string of the molecule is Cc1ccc2c(c1)C(=O)N(CCC(C)C(=O)O)C2=O. The maximum Gasteiger partial charge on any atom is 0.306 e. The molecule has 2 rings (SSSR count). The van der Waals surface area contributed by atoms with Crippen LogP contribution in [-0.2, 0) is 4.79 Å². The van der Waals surface area contributed by atoms with Gasteiger partial charge in [0.15, 0.2) is 0 Å². The topological polar surface area (TPSA) is 74.7 Å². The molecule has 1 aromatic carbocycles. The van der Waals surface area contributed by atoms with Crippen molar-refractivity contribution in [3.8, 4) is 0 Å². The zero-order valence-electron chi connectivity index (χ0n) is 10.8. The van der Waals surface area contributed by atoms with E-state index in [1.165, 1.54) is 0 Å². The summed E-state index contributed by atoms with van der Waals surface area (Å²) in [5, 5.41) is 8.81. The van der Waals surface area contributed by atoms with Crippen LogP contribution in [0.4, 0.5) is 0 Å². The molecule has 0 radical (unpaired) electrons. The maximum absolute atomic E-state index is 12.1. The highest BCUT2D eigenvalue weighted by atomic mass is 16.4. The van der Waals surface area contributed by atoms with Crippen LogP contribution in [0.5, 0.6) is 0 Å². The van der Waals surface area contributed by atoms with Crippen molar-refractivity contribution in [3.05, 3.63) is 34.9 Å². The fourth-order valence-electron chi connectivity index (χ4n) is 2.05. The van der Waals surface area contributed by atoms with Gasteiger partial charge >= 0.3 is 5.97 Å². The molecule has 1 heterocycles. The van der Waals surface area contributed by atoms with E-state index in [1.54, 1.807) is 25.1 Å². The number of rotatable bonds is 4. The predicted molar refractivity (Wildman–Crippen MR) is 68.0 cm³/mol. The molecule has 0 spiro atoms. The summed E-state index contributed by atoms with van der Waals surface area (Å²) in [7, 11) is 0. The first kappa shape index (κ1) is 13.3. The highest BCUT2D eigenvalue weighted by molar-refractivity contribution is 6.21. The number of aliphatic carboxylic acids is 1. The summed E-state index contributed by atoms with van der Waals surface area (Å²) in [4.78, 5) is 36.0. The van der Waals surface area contributed by atoms with Gasteiger partial charge in [0, 0.05) is 6.54 Å². The van der Waals surface area contributed by atoms with Crippen LogP contribution in [0.25, 0.3) is 0 Å². The number of hydrogen-bond donors (Lipinski definition) is 1. The molecule has 1 unspecified atom stereocenters. The molecule has 0 saturated heterocycles. The number of fused-ring (bicyclic) bond motifs is 1. The first-order chi connectivity index (χ1) is 8.91. The van der Waals surface area contributed by atoms with Crippen molar-refractivity contribution in [1.29, 1.82) is 0 Å². The molecule has 0 bridgehead atoms. The summed E-state index contributed by atoms with van der Waals surface area (Å²) in [6, 6.07) is 5.12. The number of benzene rings is 1. The molecule has 1 N–H and O–H groups in total. The van der Waals surface area contributed by atoms with Gasteiger partial charge in [-0.15, -0.1) is 0 Å². The molecule has 100 valence electrons. The maximum atomic E-state index is 12.1. The zero-order chi connectivity index (χ0) is 14.2. The number of carboxylic acid groups (broad SMARTS) is 1. The molecule has 0 fully saturated rings. The van der Waals surface area contributed by atoms with Crippen LogP contribution in [0.3, 0.4) is 0 Å². The van der Waals surface area contributed by atoms with E-state index >= 15 is 0 Å². The highest BCUT2D eigenvalue weighted by Gasteiger charge is 2.35.